The maximum absolute atomic E-state index is 12.4. The summed E-state index contributed by atoms with van der Waals surface area (Å²) in [6, 6.07) is 8.82. The van der Waals surface area contributed by atoms with Gasteiger partial charge >= 0.3 is 12.0 Å². The van der Waals surface area contributed by atoms with Gasteiger partial charge in [-0.25, -0.2) is 9.59 Å². The number of hydrogen-bond acceptors (Lipinski definition) is 9. The van der Waals surface area contributed by atoms with E-state index in [2.05, 4.69) is 27.7 Å². The Labute approximate surface area is 220 Å². The van der Waals surface area contributed by atoms with Crippen LogP contribution in [0, 0.1) is 0 Å². The van der Waals surface area contributed by atoms with Gasteiger partial charge in [0.05, 0.1) is 31.5 Å². The molecule has 0 bridgehead atoms. The summed E-state index contributed by atoms with van der Waals surface area (Å²) in [4.78, 5) is 24.5. The van der Waals surface area contributed by atoms with Gasteiger partial charge in [0, 0.05) is 5.70 Å². The largest absolute Gasteiger partial charge is 0.508 e. The van der Waals surface area contributed by atoms with E-state index in [1.165, 1.54) is 13.3 Å². The number of carbonyl (C=O) groups is 2. The second-order valence-corrected chi connectivity index (χ2v) is 8.30. The summed E-state index contributed by atoms with van der Waals surface area (Å²) in [6.45, 7) is 7.29. The molecule has 2 aromatic rings. The molecule has 1 aliphatic heterocycles. The van der Waals surface area contributed by atoms with Crippen molar-refractivity contribution in [2.45, 2.75) is 32.5 Å². The predicted octanol–water partition coefficient (Wildman–Crippen LogP) is 2.64. The molecule has 2 aromatic carbocycles. The van der Waals surface area contributed by atoms with Crippen LogP contribution in [0.3, 0.4) is 0 Å². The average molecular weight is 525 g/mol. The molecule has 2 atom stereocenters. The number of carbonyl (C=O) groups excluding carboxylic acids is 2. The van der Waals surface area contributed by atoms with Crippen molar-refractivity contribution in [3.8, 4) is 17.2 Å². The van der Waals surface area contributed by atoms with Gasteiger partial charge in [-0.15, -0.1) is 6.58 Å². The molecule has 0 spiro atoms. The first kappa shape index (κ1) is 28.1. The summed E-state index contributed by atoms with van der Waals surface area (Å²) in [7, 11) is 1.27. The number of amides is 2. The first-order chi connectivity index (χ1) is 18.3. The number of phenols is 1. The summed E-state index contributed by atoms with van der Waals surface area (Å²) in [5.41, 5.74) is 5.28. The fourth-order valence-electron chi connectivity index (χ4n) is 3.82. The molecule has 202 valence electrons. The second kappa shape index (κ2) is 13.2. The summed E-state index contributed by atoms with van der Waals surface area (Å²) in [5.74, 6) is 0.329. The highest BCUT2D eigenvalue weighted by Gasteiger charge is 2.32. The molecule has 11 heteroatoms. The van der Waals surface area contributed by atoms with Crippen LogP contribution in [-0.2, 0) is 16.0 Å². The van der Waals surface area contributed by atoms with Crippen molar-refractivity contribution >= 4 is 18.2 Å². The predicted molar refractivity (Wildman–Crippen MR) is 141 cm³/mol. The zero-order valence-corrected chi connectivity index (χ0v) is 21.5. The van der Waals surface area contributed by atoms with E-state index in [9.17, 15) is 19.8 Å². The number of aliphatic hydroxyl groups excluding tert-OH is 1. The lowest BCUT2D eigenvalue weighted by Crippen LogP contribution is -2.45. The van der Waals surface area contributed by atoms with Crippen LogP contribution >= 0.6 is 0 Å². The normalized spacial score (nSPS) is 15.9. The number of aromatic hydroxyl groups is 1. The zero-order chi connectivity index (χ0) is 27.7. The monoisotopic (exact) mass is 524 g/mol. The molecule has 0 aliphatic carbocycles. The molecule has 2 amide bonds. The molecular formula is C27H32N4O7. The maximum atomic E-state index is 12.4. The minimum absolute atomic E-state index is 0.148. The van der Waals surface area contributed by atoms with Crippen molar-refractivity contribution in [2.24, 2.45) is 5.10 Å². The van der Waals surface area contributed by atoms with Crippen LogP contribution in [0.2, 0.25) is 0 Å². The number of allylic oxidation sites excluding steroid dienone is 2. The van der Waals surface area contributed by atoms with Crippen molar-refractivity contribution in [1.29, 1.82) is 0 Å². The van der Waals surface area contributed by atoms with Gasteiger partial charge in [0.25, 0.3) is 0 Å². The Balaban J connectivity index is 1.69. The van der Waals surface area contributed by atoms with Crippen LogP contribution in [0.5, 0.6) is 17.2 Å². The van der Waals surface area contributed by atoms with E-state index in [1.54, 1.807) is 49.4 Å². The van der Waals surface area contributed by atoms with Gasteiger partial charge < -0.3 is 35.1 Å². The highest BCUT2D eigenvalue weighted by Crippen LogP contribution is 2.34. The number of benzene rings is 2. The number of phenolic OH excluding ortho intramolecular Hbond substituents is 1. The van der Waals surface area contributed by atoms with Crippen LogP contribution in [0.15, 0.2) is 65.4 Å². The topological polar surface area (TPSA) is 151 Å². The number of rotatable bonds is 12. The lowest BCUT2D eigenvalue weighted by atomic mass is 9.95. The third-order valence-corrected chi connectivity index (χ3v) is 5.58. The van der Waals surface area contributed by atoms with Crippen molar-refractivity contribution in [2.75, 3.05) is 20.3 Å². The first-order valence-corrected chi connectivity index (χ1v) is 11.9. The third kappa shape index (κ3) is 7.04. The van der Waals surface area contributed by atoms with Crippen LogP contribution in [0.1, 0.15) is 36.6 Å². The highest BCUT2D eigenvalue weighted by atomic mass is 16.5. The molecule has 0 saturated carbocycles. The number of nitrogens with one attached hydrogen (secondary N) is 3. The average Bonchev–Trinajstić information content (AvgIpc) is 2.89. The number of methoxy groups -OCH3 is 1. The van der Waals surface area contributed by atoms with Crippen LogP contribution in [-0.4, -0.2) is 55.0 Å². The van der Waals surface area contributed by atoms with E-state index in [1.807, 2.05) is 6.92 Å². The molecule has 0 saturated heterocycles. The number of esters is 1. The van der Waals surface area contributed by atoms with Gasteiger partial charge in [-0.05, 0) is 67.3 Å². The van der Waals surface area contributed by atoms with Gasteiger partial charge in [-0.2, -0.15) is 5.10 Å². The molecule has 38 heavy (non-hydrogen) atoms. The fourth-order valence-corrected chi connectivity index (χ4v) is 3.82. The first-order valence-electron chi connectivity index (χ1n) is 11.9. The standard InChI is InChI=1S/C27H32N4O7/c1-5-7-18-12-17(8-10-20(18)32)14-28-31-23(33)15-38-21-11-9-19(13-22(21)37-6-2)25-24(26(34)36-4)16(3)29-27(35)30-25/h5,8-14,23,25,31-33H,1,6-7,15H2,2-4H3,(H2,29,30,35)/b28-14-/t23-,25-/m1/s1. The summed E-state index contributed by atoms with van der Waals surface area (Å²) in [6.07, 6.45) is 2.58. The van der Waals surface area contributed by atoms with Crippen molar-refractivity contribution in [1.82, 2.24) is 16.1 Å². The Morgan fingerprint density at radius 1 is 1.24 bits per heavy atom. The highest BCUT2D eigenvalue weighted by molar-refractivity contribution is 5.95. The molecule has 0 unspecified atom stereocenters. The van der Waals surface area contributed by atoms with Crippen LogP contribution in [0.4, 0.5) is 4.79 Å². The SMILES string of the molecule is C=CCc1cc(/C=N\N[C@H](O)COc2ccc([C@H]3NC(=O)NC(C)=C3C(=O)OC)cc2OCC)ccc1O. The molecule has 0 fully saturated rings. The Hall–Kier alpha value is -4.51. The molecule has 1 aliphatic rings. The van der Waals surface area contributed by atoms with E-state index in [4.69, 9.17) is 14.2 Å². The van der Waals surface area contributed by atoms with Gasteiger partial charge in [0.15, 0.2) is 17.7 Å². The number of hydrogen-bond donors (Lipinski definition) is 5. The number of urea groups is 1. The van der Waals surface area contributed by atoms with E-state index in [0.29, 0.717) is 41.4 Å². The van der Waals surface area contributed by atoms with Crippen LogP contribution < -0.4 is 25.5 Å². The molecule has 0 radical (unpaired) electrons. The van der Waals surface area contributed by atoms with Gasteiger partial charge in [0.1, 0.15) is 12.4 Å². The lowest BCUT2D eigenvalue weighted by Gasteiger charge is -2.28. The third-order valence-electron chi connectivity index (χ3n) is 5.58. The summed E-state index contributed by atoms with van der Waals surface area (Å²) >= 11 is 0. The van der Waals surface area contributed by atoms with E-state index in [-0.39, 0.29) is 17.9 Å². The van der Waals surface area contributed by atoms with Crippen molar-refractivity contribution in [3.63, 3.8) is 0 Å². The Kier molecular flexibility index (Phi) is 9.72. The maximum Gasteiger partial charge on any atom is 0.337 e. The Morgan fingerprint density at radius 3 is 2.74 bits per heavy atom. The minimum Gasteiger partial charge on any atom is -0.508 e. The van der Waals surface area contributed by atoms with Gasteiger partial charge in [-0.3, -0.25) is 5.43 Å². The lowest BCUT2D eigenvalue weighted by molar-refractivity contribution is -0.136. The quantitative estimate of drug-likeness (QED) is 0.0935. The number of aliphatic hydroxyl groups is 1. The van der Waals surface area contributed by atoms with Crippen molar-refractivity contribution in [3.05, 3.63) is 77.0 Å². The Bertz CT molecular complexity index is 1240. The minimum atomic E-state index is -1.13. The second-order valence-electron chi connectivity index (χ2n) is 8.30. The van der Waals surface area contributed by atoms with Gasteiger partial charge in [-0.1, -0.05) is 12.1 Å². The Morgan fingerprint density at radius 2 is 2.03 bits per heavy atom. The summed E-state index contributed by atoms with van der Waals surface area (Å²) < 4.78 is 16.3. The van der Waals surface area contributed by atoms with Crippen molar-refractivity contribution < 1.29 is 34.0 Å². The number of ether oxygens (including phenoxy) is 3. The smallest absolute Gasteiger partial charge is 0.337 e. The van der Waals surface area contributed by atoms with Crippen LogP contribution in [0.25, 0.3) is 0 Å². The van der Waals surface area contributed by atoms with E-state index >= 15 is 0 Å². The molecule has 3 rings (SSSR count). The number of nitrogens with zero attached hydrogens (tertiary/aromatic N) is 1. The molecular weight excluding hydrogens is 492 g/mol. The molecule has 0 aromatic heterocycles. The number of hydrazone groups is 1. The van der Waals surface area contributed by atoms with Gasteiger partial charge in [0.2, 0.25) is 0 Å². The molecule has 1 heterocycles. The zero-order valence-electron chi connectivity index (χ0n) is 21.5. The summed E-state index contributed by atoms with van der Waals surface area (Å²) in [5, 5.41) is 29.5. The molecule has 5 N–H and O–H groups in total. The van der Waals surface area contributed by atoms with E-state index in [0.717, 1.165) is 5.56 Å². The van der Waals surface area contributed by atoms with E-state index < -0.39 is 24.3 Å². The fraction of sp³-hybridized carbons (Fsp3) is 0.296. The molecule has 11 nitrogen and oxygen atoms in total.